The van der Waals surface area contributed by atoms with Crippen LogP contribution in [-0.4, -0.2) is 18.7 Å². The second-order valence-corrected chi connectivity index (χ2v) is 7.04. The quantitative estimate of drug-likeness (QED) is 0.552. The van der Waals surface area contributed by atoms with Gasteiger partial charge >= 0.3 is 5.69 Å². The Hall–Kier alpha value is -3.41. The van der Waals surface area contributed by atoms with Gasteiger partial charge < -0.3 is 4.57 Å². The summed E-state index contributed by atoms with van der Waals surface area (Å²) in [7, 11) is 0. The topological polar surface area (TPSA) is 61.8 Å². The summed E-state index contributed by atoms with van der Waals surface area (Å²) < 4.78 is 4.61. The summed E-state index contributed by atoms with van der Waals surface area (Å²) in [6, 6.07) is 15.8. The van der Waals surface area contributed by atoms with Crippen molar-refractivity contribution in [1.82, 2.24) is 18.7 Å². The van der Waals surface area contributed by atoms with Gasteiger partial charge in [0.1, 0.15) is 0 Å². The van der Waals surface area contributed by atoms with Gasteiger partial charge in [-0.05, 0) is 44.0 Å². The average Bonchev–Trinajstić information content (AvgIpc) is 3.08. The lowest BCUT2D eigenvalue weighted by molar-refractivity contribution is 0.655. The van der Waals surface area contributed by atoms with E-state index < -0.39 is 0 Å². The lowest BCUT2D eigenvalue weighted by Gasteiger charge is -2.12. The summed E-state index contributed by atoms with van der Waals surface area (Å²) in [5, 5.41) is 0. The van der Waals surface area contributed by atoms with Crippen LogP contribution in [0.5, 0.6) is 0 Å². The molecular formula is C22H22N4O2. The Kier molecular flexibility index (Phi) is 4.47. The van der Waals surface area contributed by atoms with E-state index in [4.69, 9.17) is 0 Å². The number of aryl methyl sites for hydroxylation is 2. The molecule has 0 amide bonds. The molecule has 0 aliphatic carbocycles. The Bertz CT molecular complexity index is 1280. The molecule has 0 fully saturated rings. The summed E-state index contributed by atoms with van der Waals surface area (Å²) in [5.74, 6) is 0. The molecule has 0 N–H and O–H groups in total. The average molecular weight is 374 g/mol. The van der Waals surface area contributed by atoms with E-state index in [9.17, 15) is 9.59 Å². The number of nitrogens with zero attached hydrogens (tertiary/aromatic N) is 4. The smallest absolute Gasteiger partial charge is 0.320 e. The molecule has 2 aromatic heterocycles. The second-order valence-electron chi connectivity index (χ2n) is 7.04. The van der Waals surface area contributed by atoms with E-state index in [0.717, 1.165) is 11.1 Å². The third-order valence-corrected chi connectivity index (χ3v) is 4.95. The maximum atomic E-state index is 13.0. The third kappa shape index (κ3) is 2.97. The summed E-state index contributed by atoms with van der Waals surface area (Å²) in [5.41, 5.74) is 4.13. The van der Waals surface area contributed by atoms with Gasteiger partial charge in [-0.25, -0.2) is 14.3 Å². The first-order valence-corrected chi connectivity index (χ1v) is 9.33. The highest BCUT2D eigenvalue weighted by Crippen LogP contribution is 2.16. The van der Waals surface area contributed by atoms with Gasteiger partial charge in [-0.3, -0.25) is 9.36 Å². The highest BCUT2D eigenvalue weighted by molar-refractivity contribution is 5.72. The maximum absolute atomic E-state index is 13.0. The maximum Gasteiger partial charge on any atom is 0.337 e. The van der Waals surface area contributed by atoms with E-state index in [1.54, 1.807) is 13.3 Å². The van der Waals surface area contributed by atoms with E-state index in [-0.39, 0.29) is 11.2 Å². The Labute approximate surface area is 162 Å². The molecule has 142 valence electrons. The van der Waals surface area contributed by atoms with Gasteiger partial charge in [0.05, 0.1) is 12.0 Å². The van der Waals surface area contributed by atoms with Gasteiger partial charge in [0, 0.05) is 13.1 Å². The fraction of sp³-hybridized carbons (Fsp3) is 0.227. The number of imidazole rings is 1. The molecule has 0 saturated carbocycles. The van der Waals surface area contributed by atoms with Crippen LogP contribution in [0.1, 0.15) is 23.6 Å². The minimum Gasteiger partial charge on any atom is -0.320 e. The molecule has 2 heterocycles. The van der Waals surface area contributed by atoms with E-state index in [0.29, 0.717) is 29.9 Å². The van der Waals surface area contributed by atoms with Crippen LogP contribution in [0.2, 0.25) is 0 Å². The van der Waals surface area contributed by atoms with Gasteiger partial charge in [0.2, 0.25) is 0 Å². The highest BCUT2D eigenvalue weighted by Gasteiger charge is 2.18. The fourth-order valence-corrected chi connectivity index (χ4v) is 3.47. The third-order valence-electron chi connectivity index (χ3n) is 4.95. The van der Waals surface area contributed by atoms with Crippen molar-refractivity contribution in [3.05, 3.63) is 92.4 Å². The molecule has 6 heteroatoms. The van der Waals surface area contributed by atoms with Gasteiger partial charge in [0.15, 0.2) is 11.2 Å². The van der Waals surface area contributed by atoms with Gasteiger partial charge in [-0.1, -0.05) is 42.0 Å². The van der Waals surface area contributed by atoms with Crippen LogP contribution < -0.4 is 11.2 Å². The SMILES string of the molecule is CCn1c(=O)c2c(ncn2Cc2ccc(C)cc2)n(-c2cccc(C)c2)c1=O. The second kappa shape index (κ2) is 6.96. The Morgan fingerprint density at radius 1 is 0.964 bits per heavy atom. The van der Waals surface area contributed by atoms with Crippen molar-refractivity contribution >= 4 is 11.2 Å². The summed E-state index contributed by atoms with van der Waals surface area (Å²) in [6.45, 7) is 6.63. The lowest BCUT2D eigenvalue weighted by atomic mass is 10.1. The Morgan fingerprint density at radius 2 is 1.71 bits per heavy atom. The molecule has 0 atom stereocenters. The predicted molar refractivity (Wildman–Crippen MR) is 110 cm³/mol. The van der Waals surface area contributed by atoms with Crippen molar-refractivity contribution in [2.75, 3.05) is 0 Å². The molecule has 0 aliphatic heterocycles. The summed E-state index contributed by atoms with van der Waals surface area (Å²) in [6.07, 6.45) is 1.64. The zero-order valence-electron chi connectivity index (χ0n) is 16.2. The molecule has 0 bridgehead atoms. The van der Waals surface area contributed by atoms with Crippen LogP contribution in [-0.2, 0) is 13.1 Å². The van der Waals surface area contributed by atoms with Crippen molar-refractivity contribution in [1.29, 1.82) is 0 Å². The Morgan fingerprint density at radius 3 is 2.39 bits per heavy atom. The van der Waals surface area contributed by atoms with Crippen LogP contribution in [0, 0.1) is 13.8 Å². The molecule has 4 aromatic rings. The molecule has 0 radical (unpaired) electrons. The first-order valence-electron chi connectivity index (χ1n) is 9.33. The van der Waals surface area contributed by atoms with Crippen molar-refractivity contribution in [2.45, 2.75) is 33.9 Å². The number of hydrogen-bond donors (Lipinski definition) is 0. The van der Waals surface area contributed by atoms with Crippen molar-refractivity contribution in [2.24, 2.45) is 0 Å². The van der Waals surface area contributed by atoms with E-state index in [1.807, 2.05) is 66.9 Å². The minimum atomic E-state index is -0.369. The molecule has 6 nitrogen and oxygen atoms in total. The van der Waals surface area contributed by atoms with Crippen LogP contribution in [0.15, 0.2) is 64.4 Å². The minimum absolute atomic E-state index is 0.301. The largest absolute Gasteiger partial charge is 0.337 e. The normalized spacial score (nSPS) is 11.2. The molecular weight excluding hydrogens is 352 g/mol. The molecule has 0 aliphatic rings. The summed E-state index contributed by atoms with van der Waals surface area (Å²) in [4.78, 5) is 30.5. The number of rotatable bonds is 4. The van der Waals surface area contributed by atoms with Gasteiger partial charge in [0.25, 0.3) is 5.56 Å². The van der Waals surface area contributed by atoms with E-state index >= 15 is 0 Å². The van der Waals surface area contributed by atoms with E-state index in [2.05, 4.69) is 4.98 Å². The molecule has 28 heavy (non-hydrogen) atoms. The molecule has 0 unspecified atom stereocenters. The van der Waals surface area contributed by atoms with E-state index in [1.165, 1.54) is 14.7 Å². The number of fused-ring (bicyclic) bond motifs is 1. The van der Waals surface area contributed by atoms with Crippen molar-refractivity contribution < 1.29 is 0 Å². The monoisotopic (exact) mass is 374 g/mol. The van der Waals surface area contributed by atoms with Crippen LogP contribution in [0.3, 0.4) is 0 Å². The molecule has 4 rings (SSSR count). The molecule has 0 saturated heterocycles. The number of benzene rings is 2. The number of hydrogen-bond acceptors (Lipinski definition) is 3. The zero-order chi connectivity index (χ0) is 19.8. The first kappa shape index (κ1) is 18.0. The van der Waals surface area contributed by atoms with Gasteiger partial charge in [-0.2, -0.15) is 0 Å². The standard InChI is InChI=1S/C22H22N4O2/c1-4-25-21(27)19-20(26(22(25)28)18-7-5-6-16(3)12-18)23-14-24(19)13-17-10-8-15(2)9-11-17/h5-12,14H,4,13H2,1-3H3. The van der Waals surface area contributed by atoms with Crippen LogP contribution in [0.25, 0.3) is 16.9 Å². The highest BCUT2D eigenvalue weighted by atomic mass is 16.2. The van der Waals surface area contributed by atoms with Gasteiger partial charge in [-0.15, -0.1) is 0 Å². The van der Waals surface area contributed by atoms with Crippen molar-refractivity contribution in [3.8, 4) is 5.69 Å². The zero-order valence-corrected chi connectivity index (χ0v) is 16.2. The van der Waals surface area contributed by atoms with Crippen LogP contribution in [0.4, 0.5) is 0 Å². The predicted octanol–water partition coefficient (Wildman–Crippen LogP) is 3.03. The first-order chi connectivity index (χ1) is 13.5. The fourth-order valence-electron chi connectivity index (χ4n) is 3.47. The lowest BCUT2D eigenvalue weighted by Crippen LogP contribution is -2.39. The van der Waals surface area contributed by atoms with Crippen molar-refractivity contribution in [3.63, 3.8) is 0 Å². The number of aromatic nitrogens is 4. The summed E-state index contributed by atoms with van der Waals surface area (Å²) >= 11 is 0. The van der Waals surface area contributed by atoms with Crippen LogP contribution >= 0.6 is 0 Å². The molecule has 2 aromatic carbocycles. The Balaban J connectivity index is 1.98. The molecule has 0 spiro atoms.